The van der Waals surface area contributed by atoms with Crippen molar-refractivity contribution in [3.05, 3.63) is 11.6 Å². The smallest absolute Gasteiger partial charge is 0.303 e. The van der Waals surface area contributed by atoms with Crippen molar-refractivity contribution in [3.63, 3.8) is 0 Å². The Kier molecular flexibility index (Phi) is 5.20. The van der Waals surface area contributed by atoms with Crippen molar-refractivity contribution in [2.24, 2.45) is 34.5 Å². The molecular weight excluding hydrogens is 336 g/mol. The minimum absolute atomic E-state index is 0.180. The number of carbonyl (C=O) groups is 1. The maximum Gasteiger partial charge on any atom is 0.303 e. The zero-order valence-electron chi connectivity index (χ0n) is 17.5. The van der Waals surface area contributed by atoms with Crippen LogP contribution in [0.15, 0.2) is 11.6 Å². The Hall–Kier alpha value is -0.830. The molecule has 7 atom stereocenters. The maximum absolute atomic E-state index is 11.0. The molecule has 0 aromatic rings. The number of methoxy groups -OCH3 is 1. The topological polar surface area (TPSA) is 46.5 Å². The number of hydrogen-bond donors (Lipinski definition) is 1. The van der Waals surface area contributed by atoms with Crippen molar-refractivity contribution in [1.82, 2.24) is 0 Å². The van der Waals surface area contributed by atoms with Gasteiger partial charge < -0.3 is 9.84 Å². The standard InChI is InChI=1S/C24H38O3/c1-23-14-5-4-7-16(23)10-12-18-19-13-11-17(8-6-9-22(25)26)24(19,2)21(27-3)15-20(18)23/h15-19,21H,4-14H2,1-3H3,(H,25,26). The molecule has 3 heteroatoms. The van der Waals surface area contributed by atoms with E-state index in [0.29, 0.717) is 17.8 Å². The summed E-state index contributed by atoms with van der Waals surface area (Å²) in [5, 5.41) is 9.04. The highest BCUT2D eigenvalue weighted by molar-refractivity contribution is 5.66. The van der Waals surface area contributed by atoms with Crippen LogP contribution in [0.3, 0.4) is 0 Å². The molecule has 0 spiro atoms. The fraction of sp³-hybridized carbons (Fsp3) is 0.875. The van der Waals surface area contributed by atoms with E-state index in [4.69, 9.17) is 9.84 Å². The van der Waals surface area contributed by atoms with E-state index in [-0.39, 0.29) is 11.5 Å². The summed E-state index contributed by atoms with van der Waals surface area (Å²) in [6.45, 7) is 5.02. The minimum Gasteiger partial charge on any atom is -0.481 e. The van der Waals surface area contributed by atoms with Crippen molar-refractivity contribution in [1.29, 1.82) is 0 Å². The second-order valence-electron chi connectivity index (χ2n) is 10.4. The average molecular weight is 375 g/mol. The minimum atomic E-state index is -0.660. The first kappa shape index (κ1) is 19.5. The Morgan fingerprint density at radius 2 is 2.00 bits per heavy atom. The first-order valence-corrected chi connectivity index (χ1v) is 11.4. The molecule has 3 fully saturated rings. The maximum atomic E-state index is 11.0. The van der Waals surface area contributed by atoms with Crippen molar-refractivity contribution in [3.8, 4) is 0 Å². The van der Waals surface area contributed by atoms with Crippen LogP contribution in [-0.2, 0) is 9.53 Å². The van der Waals surface area contributed by atoms with Crippen molar-refractivity contribution < 1.29 is 14.6 Å². The Morgan fingerprint density at radius 3 is 2.74 bits per heavy atom. The van der Waals surface area contributed by atoms with Crippen LogP contribution in [0, 0.1) is 34.5 Å². The Morgan fingerprint density at radius 1 is 1.19 bits per heavy atom. The van der Waals surface area contributed by atoms with Crippen LogP contribution in [0.5, 0.6) is 0 Å². The molecule has 0 saturated heterocycles. The fourth-order valence-electron chi connectivity index (χ4n) is 7.94. The summed E-state index contributed by atoms with van der Waals surface area (Å²) < 4.78 is 6.15. The van der Waals surface area contributed by atoms with Gasteiger partial charge in [0.05, 0.1) is 6.10 Å². The van der Waals surface area contributed by atoms with Gasteiger partial charge in [0, 0.05) is 18.9 Å². The molecule has 27 heavy (non-hydrogen) atoms. The van der Waals surface area contributed by atoms with Crippen molar-refractivity contribution in [2.45, 2.75) is 90.6 Å². The SMILES string of the molecule is COC1C=C2C(CCC3CCCCC23C)C2CCC(CCCC(=O)O)C12C. The van der Waals surface area contributed by atoms with Gasteiger partial charge in [0.25, 0.3) is 0 Å². The number of aliphatic carboxylic acids is 1. The molecular formula is C24H38O3. The number of ether oxygens (including phenoxy) is 1. The van der Waals surface area contributed by atoms with Crippen LogP contribution in [-0.4, -0.2) is 24.3 Å². The van der Waals surface area contributed by atoms with Gasteiger partial charge >= 0.3 is 5.97 Å². The van der Waals surface area contributed by atoms with Gasteiger partial charge in [-0.05, 0) is 80.5 Å². The van der Waals surface area contributed by atoms with E-state index < -0.39 is 5.97 Å². The Bertz CT molecular complexity index is 611. The highest BCUT2D eigenvalue weighted by Gasteiger charge is 2.59. The van der Waals surface area contributed by atoms with Gasteiger partial charge in [-0.2, -0.15) is 0 Å². The fourth-order valence-corrected chi connectivity index (χ4v) is 7.94. The highest BCUT2D eigenvalue weighted by Crippen LogP contribution is 2.66. The quantitative estimate of drug-likeness (QED) is 0.615. The molecule has 0 amide bonds. The number of allylic oxidation sites excluding steroid dienone is 1. The van der Waals surface area contributed by atoms with Crippen LogP contribution < -0.4 is 0 Å². The zero-order chi connectivity index (χ0) is 19.2. The molecule has 1 N–H and O–H groups in total. The van der Waals surface area contributed by atoms with Crippen molar-refractivity contribution in [2.75, 3.05) is 7.11 Å². The lowest BCUT2D eigenvalue weighted by Gasteiger charge is -2.58. The molecule has 0 radical (unpaired) electrons. The molecule has 0 aliphatic heterocycles. The van der Waals surface area contributed by atoms with E-state index in [9.17, 15) is 4.79 Å². The van der Waals surface area contributed by atoms with Gasteiger partial charge in [0.15, 0.2) is 0 Å². The zero-order valence-corrected chi connectivity index (χ0v) is 17.5. The predicted molar refractivity (Wildman–Crippen MR) is 107 cm³/mol. The van der Waals surface area contributed by atoms with Gasteiger partial charge in [-0.15, -0.1) is 0 Å². The molecule has 4 rings (SSSR count). The number of carboxylic acid groups (broad SMARTS) is 1. The first-order valence-electron chi connectivity index (χ1n) is 11.4. The normalized spacial score (nSPS) is 46.2. The summed E-state index contributed by atoms with van der Waals surface area (Å²) in [6.07, 6.45) is 15.8. The van der Waals surface area contributed by atoms with Crippen molar-refractivity contribution >= 4 is 5.97 Å². The highest BCUT2D eigenvalue weighted by atomic mass is 16.5. The summed E-state index contributed by atoms with van der Waals surface area (Å²) in [5.41, 5.74) is 2.33. The second kappa shape index (κ2) is 7.21. The van der Waals surface area contributed by atoms with E-state index in [2.05, 4.69) is 19.9 Å². The number of rotatable bonds is 5. The molecule has 4 aliphatic rings. The predicted octanol–water partition coefficient (Wildman–Crippen LogP) is 5.84. The number of fused-ring (bicyclic) bond motifs is 5. The lowest BCUT2D eigenvalue weighted by molar-refractivity contribution is -0.137. The van der Waals surface area contributed by atoms with E-state index in [1.54, 1.807) is 5.57 Å². The third-order valence-electron chi connectivity index (χ3n) is 9.42. The van der Waals surface area contributed by atoms with Crippen LogP contribution >= 0.6 is 0 Å². The largest absolute Gasteiger partial charge is 0.481 e. The van der Waals surface area contributed by atoms with Gasteiger partial charge in [0.1, 0.15) is 0 Å². The molecule has 4 aliphatic carbocycles. The monoisotopic (exact) mass is 374 g/mol. The molecule has 0 heterocycles. The molecule has 0 aromatic carbocycles. The number of carboxylic acids is 1. The van der Waals surface area contributed by atoms with Crippen LogP contribution in [0.25, 0.3) is 0 Å². The first-order chi connectivity index (χ1) is 12.9. The van der Waals surface area contributed by atoms with E-state index in [0.717, 1.165) is 30.6 Å². The van der Waals surface area contributed by atoms with Crippen LogP contribution in [0.2, 0.25) is 0 Å². The number of hydrogen-bond acceptors (Lipinski definition) is 2. The summed E-state index contributed by atoms with van der Waals surface area (Å²) in [7, 11) is 1.89. The average Bonchev–Trinajstić information content (AvgIpc) is 2.97. The van der Waals surface area contributed by atoms with Gasteiger partial charge in [-0.25, -0.2) is 0 Å². The van der Waals surface area contributed by atoms with E-state index in [1.165, 1.54) is 51.4 Å². The third kappa shape index (κ3) is 2.99. The Balaban J connectivity index is 1.63. The molecule has 7 unspecified atom stereocenters. The lowest BCUT2D eigenvalue weighted by atomic mass is 9.48. The molecule has 0 aromatic heterocycles. The summed E-state index contributed by atoms with van der Waals surface area (Å²) in [4.78, 5) is 11.0. The Labute approximate surface area is 164 Å². The van der Waals surface area contributed by atoms with Crippen LogP contribution in [0.1, 0.15) is 84.5 Å². The molecule has 3 saturated carbocycles. The molecule has 152 valence electrons. The summed E-state index contributed by atoms with van der Waals surface area (Å²) in [5.74, 6) is 2.28. The molecule has 3 nitrogen and oxygen atoms in total. The summed E-state index contributed by atoms with van der Waals surface area (Å²) in [6, 6.07) is 0. The third-order valence-corrected chi connectivity index (χ3v) is 9.42. The molecule has 0 bridgehead atoms. The lowest BCUT2D eigenvalue weighted by Crippen LogP contribution is -2.52. The van der Waals surface area contributed by atoms with E-state index >= 15 is 0 Å². The van der Waals surface area contributed by atoms with Gasteiger partial charge in [-0.1, -0.05) is 38.3 Å². The van der Waals surface area contributed by atoms with Gasteiger partial charge in [-0.3, -0.25) is 4.79 Å². The van der Waals surface area contributed by atoms with Crippen LogP contribution in [0.4, 0.5) is 0 Å². The van der Waals surface area contributed by atoms with Gasteiger partial charge in [0.2, 0.25) is 0 Å². The van der Waals surface area contributed by atoms with E-state index in [1.807, 2.05) is 7.11 Å². The summed E-state index contributed by atoms with van der Waals surface area (Å²) >= 11 is 0. The second-order valence-corrected chi connectivity index (χ2v) is 10.4.